The first-order chi connectivity index (χ1) is 18.7. The number of benzene rings is 1. The molecule has 5 heterocycles. The molecule has 0 aliphatic carbocycles. The number of morpholine rings is 1. The van der Waals surface area contributed by atoms with Gasteiger partial charge >= 0.3 is 0 Å². The number of piperidine rings is 2. The lowest BCUT2D eigenvalue weighted by Gasteiger charge is -2.39. The maximum Gasteiger partial charge on any atom is 0.296 e. The molecule has 1 aromatic carbocycles. The minimum Gasteiger partial charge on any atom is -0.378 e. The summed E-state index contributed by atoms with van der Waals surface area (Å²) in [5, 5.41) is 6.91. The second kappa shape index (κ2) is 11.5. The summed E-state index contributed by atoms with van der Waals surface area (Å²) < 4.78 is 35.2. The van der Waals surface area contributed by atoms with Gasteiger partial charge in [0.1, 0.15) is 11.6 Å². The molecule has 6 rings (SSSR count). The predicted molar refractivity (Wildman–Crippen MR) is 143 cm³/mol. The number of hydrogen-bond acceptors (Lipinski definition) is 8. The fourth-order valence-electron chi connectivity index (χ4n) is 5.93. The van der Waals surface area contributed by atoms with Crippen molar-refractivity contribution in [3.63, 3.8) is 0 Å². The van der Waals surface area contributed by atoms with Crippen molar-refractivity contribution in [3.05, 3.63) is 36.2 Å². The molecular weight excluding hydrogens is 490 g/mol. The average Bonchev–Trinajstić information content (AvgIpc) is 3.37. The fourth-order valence-corrected chi connectivity index (χ4v) is 5.93. The van der Waals surface area contributed by atoms with Gasteiger partial charge < -0.3 is 25.2 Å². The largest absolute Gasteiger partial charge is 0.378 e. The zero-order chi connectivity index (χ0) is 25.9. The van der Waals surface area contributed by atoms with Crippen LogP contribution in [0, 0.1) is 5.92 Å². The average molecular weight is 527 g/mol. The maximum atomic E-state index is 14.1. The summed E-state index contributed by atoms with van der Waals surface area (Å²) in [6.45, 7) is 7.83. The molecule has 3 fully saturated rings. The number of para-hydroxylation sites is 2. The SMILES string of the molecule is FC(F)c1nc2ccccc2n1-c1cc(N2CCOCC2)nc(NCC2CCN(C3CCNCC3)CC2)n1. The number of nitrogens with one attached hydrogen (secondary N) is 2. The molecule has 0 bridgehead atoms. The van der Waals surface area contributed by atoms with E-state index in [9.17, 15) is 8.78 Å². The third-order valence-electron chi connectivity index (χ3n) is 8.07. The number of aromatic nitrogens is 4. The van der Waals surface area contributed by atoms with Gasteiger partial charge in [0.05, 0.1) is 24.2 Å². The number of rotatable bonds is 7. The highest BCUT2D eigenvalue weighted by Crippen LogP contribution is 2.30. The van der Waals surface area contributed by atoms with Crippen molar-refractivity contribution < 1.29 is 13.5 Å². The molecule has 0 unspecified atom stereocenters. The zero-order valence-electron chi connectivity index (χ0n) is 21.7. The Balaban J connectivity index is 1.24. The lowest BCUT2D eigenvalue weighted by Crippen LogP contribution is -2.47. The number of imidazole rings is 1. The normalized spacial score (nSPS) is 20.4. The minimum absolute atomic E-state index is 0.311. The van der Waals surface area contributed by atoms with Crippen molar-refractivity contribution in [2.45, 2.75) is 38.2 Å². The highest BCUT2D eigenvalue weighted by Gasteiger charge is 2.27. The predicted octanol–water partition coefficient (Wildman–Crippen LogP) is 3.47. The molecule has 3 saturated heterocycles. The monoisotopic (exact) mass is 526 g/mol. The molecule has 3 aromatic rings. The molecule has 38 heavy (non-hydrogen) atoms. The number of hydrogen-bond donors (Lipinski definition) is 2. The van der Waals surface area contributed by atoms with Gasteiger partial charge in [-0.2, -0.15) is 9.97 Å². The van der Waals surface area contributed by atoms with E-state index < -0.39 is 6.43 Å². The van der Waals surface area contributed by atoms with Crippen molar-refractivity contribution >= 4 is 22.8 Å². The van der Waals surface area contributed by atoms with E-state index in [4.69, 9.17) is 14.7 Å². The van der Waals surface area contributed by atoms with Crippen LogP contribution in [0.2, 0.25) is 0 Å². The molecule has 204 valence electrons. The minimum atomic E-state index is -2.73. The molecule has 9 nitrogen and oxygen atoms in total. The Labute approximate surface area is 221 Å². The second-order valence-corrected chi connectivity index (χ2v) is 10.4. The summed E-state index contributed by atoms with van der Waals surface area (Å²) in [6.07, 6.45) is 2.00. The van der Waals surface area contributed by atoms with Crippen LogP contribution in [0.5, 0.6) is 0 Å². The Morgan fingerprint density at radius 1 is 0.947 bits per heavy atom. The van der Waals surface area contributed by atoms with E-state index >= 15 is 0 Å². The summed E-state index contributed by atoms with van der Waals surface area (Å²) >= 11 is 0. The summed E-state index contributed by atoms with van der Waals surface area (Å²) in [4.78, 5) is 18.5. The summed E-state index contributed by atoms with van der Waals surface area (Å²) in [5.74, 6) is 1.78. The number of nitrogens with zero attached hydrogens (tertiary/aromatic N) is 6. The molecule has 2 N–H and O–H groups in total. The number of ether oxygens (including phenoxy) is 1. The zero-order valence-corrected chi connectivity index (χ0v) is 21.7. The first-order valence-electron chi connectivity index (χ1n) is 13.8. The van der Waals surface area contributed by atoms with Crippen molar-refractivity contribution in [2.24, 2.45) is 5.92 Å². The van der Waals surface area contributed by atoms with Crippen LogP contribution in [0.15, 0.2) is 30.3 Å². The van der Waals surface area contributed by atoms with Crippen LogP contribution in [0.1, 0.15) is 37.9 Å². The van der Waals surface area contributed by atoms with E-state index in [0.717, 1.165) is 45.6 Å². The lowest BCUT2D eigenvalue weighted by molar-refractivity contribution is 0.114. The first kappa shape index (κ1) is 25.4. The molecule has 0 amide bonds. The molecule has 3 aliphatic heterocycles. The van der Waals surface area contributed by atoms with Crippen LogP contribution in [0.3, 0.4) is 0 Å². The molecule has 0 atom stereocenters. The van der Waals surface area contributed by atoms with Crippen LogP contribution in [-0.4, -0.2) is 89.5 Å². The van der Waals surface area contributed by atoms with Gasteiger partial charge in [0, 0.05) is 31.7 Å². The van der Waals surface area contributed by atoms with Crippen molar-refractivity contribution in [1.29, 1.82) is 0 Å². The Hall–Kier alpha value is -2.89. The fraction of sp³-hybridized carbons (Fsp3) is 0.593. The maximum absolute atomic E-state index is 14.1. The van der Waals surface area contributed by atoms with Crippen LogP contribution in [0.4, 0.5) is 20.5 Å². The molecule has 0 radical (unpaired) electrons. The third-order valence-corrected chi connectivity index (χ3v) is 8.07. The number of fused-ring (bicyclic) bond motifs is 1. The Morgan fingerprint density at radius 2 is 1.68 bits per heavy atom. The second-order valence-electron chi connectivity index (χ2n) is 10.4. The van der Waals surface area contributed by atoms with E-state index in [2.05, 4.69) is 25.4 Å². The van der Waals surface area contributed by atoms with E-state index in [0.29, 0.717) is 66.9 Å². The van der Waals surface area contributed by atoms with Crippen molar-refractivity contribution in [3.8, 4) is 5.82 Å². The highest BCUT2D eigenvalue weighted by atomic mass is 19.3. The number of anilines is 2. The Bertz CT molecular complexity index is 1220. The summed E-state index contributed by atoms with van der Waals surface area (Å²) in [7, 11) is 0. The molecule has 11 heteroatoms. The van der Waals surface area contributed by atoms with E-state index in [1.54, 1.807) is 24.3 Å². The smallest absolute Gasteiger partial charge is 0.296 e. The van der Waals surface area contributed by atoms with Gasteiger partial charge in [-0.1, -0.05) is 12.1 Å². The third kappa shape index (κ3) is 5.45. The Kier molecular flexibility index (Phi) is 7.66. The summed E-state index contributed by atoms with van der Waals surface area (Å²) in [5.41, 5.74) is 1.12. The van der Waals surface area contributed by atoms with Crippen molar-refractivity contribution in [1.82, 2.24) is 29.7 Å². The number of likely N-dealkylation sites (tertiary alicyclic amines) is 1. The van der Waals surface area contributed by atoms with E-state index in [1.165, 1.54) is 17.4 Å². The molecule has 2 aromatic heterocycles. The Morgan fingerprint density at radius 3 is 2.45 bits per heavy atom. The van der Waals surface area contributed by atoms with Crippen LogP contribution in [-0.2, 0) is 4.74 Å². The first-order valence-corrected chi connectivity index (χ1v) is 13.8. The van der Waals surface area contributed by atoms with Gasteiger partial charge in [-0.15, -0.1) is 0 Å². The molecule has 0 saturated carbocycles. The van der Waals surface area contributed by atoms with Gasteiger partial charge in [0.2, 0.25) is 5.95 Å². The quantitative estimate of drug-likeness (QED) is 0.485. The molecule has 3 aliphatic rings. The van der Waals surface area contributed by atoms with Crippen molar-refractivity contribution in [2.75, 3.05) is 69.2 Å². The number of halogens is 2. The van der Waals surface area contributed by atoms with E-state index in [1.807, 2.05) is 6.07 Å². The van der Waals surface area contributed by atoms with E-state index in [-0.39, 0.29) is 5.82 Å². The van der Waals surface area contributed by atoms with Crippen LogP contribution < -0.4 is 15.5 Å². The topological polar surface area (TPSA) is 83.4 Å². The van der Waals surface area contributed by atoms with Gasteiger partial charge in [0.15, 0.2) is 5.82 Å². The standard InChI is InChI=1S/C27H36F2N8O/c28-25(29)26-32-21-3-1-2-4-22(21)37(26)24-17-23(36-13-15-38-16-14-36)33-27(34-24)31-18-19-7-11-35(12-8-19)20-5-9-30-10-6-20/h1-4,17,19-20,25,30H,5-16,18H2,(H,31,33,34). The van der Waals surface area contributed by atoms with Gasteiger partial charge in [-0.05, 0) is 69.9 Å². The molecule has 0 spiro atoms. The van der Waals surface area contributed by atoms with Gasteiger partial charge in [0.25, 0.3) is 6.43 Å². The summed E-state index contributed by atoms with van der Waals surface area (Å²) in [6, 6.07) is 9.67. The molecular formula is C27H36F2N8O. The highest BCUT2D eigenvalue weighted by molar-refractivity contribution is 5.78. The van der Waals surface area contributed by atoms with Crippen LogP contribution in [0.25, 0.3) is 16.9 Å². The van der Waals surface area contributed by atoms with Gasteiger partial charge in [-0.25, -0.2) is 13.8 Å². The van der Waals surface area contributed by atoms with Gasteiger partial charge in [-0.3, -0.25) is 4.57 Å². The lowest BCUT2D eigenvalue weighted by atomic mass is 9.94. The number of alkyl halides is 2. The van der Waals surface area contributed by atoms with Crippen LogP contribution >= 0.6 is 0 Å².